The molecule has 0 aliphatic carbocycles. The highest BCUT2D eigenvalue weighted by Crippen LogP contribution is 2.42. The number of sulfonamides is 1. The smallest absolute Gasteiger partial charge is 0.294 e. The molecule has 2 aromatic rings. The normalized spacial score (nSPS) is 17.8. The van der Waals surface area contributed by atoms with Crippen molar-refractivity contribution in [2.24, 2.45) is 0 Å². The molecular weight excluding hydrogens is 604 g/mol. The molecule has 1 saturated heterocycles. The minimum atomic E-state index is -4.36. The Balaban J connectivity index is 1.43. The lowest BCUT2D eigenvalue weighted by Crippen LogP contribution is -2.33. The Bertz CT molecular complexity index is 1410. The van der Waals surface area contributed by atoms with Crippen LogP contribution in [0, 0.1) is 0 Å². The molecule has 2 aromatic carbocycles. The maximum absolute atomic E-state index is 12.0. The van der Waals surface area contributed by atoms with E-state index >= 15 is 0 Å². The molecule has 0 spiro atoms. The van der Waals surface area contributed by atoms with Crippen LogP contribution in [0.15, 0.2) is 58.3 Å². The topological polar surface area (TPSA) is 186 Å². The van der Waals surface area contributed by atoms with Crippen LogP contribution in [0.5, 0.6) is 11.5 Å². The molecule has 0 aromatic heterocycles. The minimum absolute atomic E-state index is 0.171. The molecule has 3 rings (SSSR count). The van der Waals surface area contributed by atoms with E-state index in [0.717, 1.165) is 0 Å². The van der Waals surface area contributed by atoms with Crippen LogP contribution in [0.25, 0.3) is 0 Å². The Morgan fingerprint density at radius 3 is 1.63 bits per heavy atom. The zero-order chi connectivity index (χ0) is 30.3. The van der Waals surface area contributed by atoms with E-state index in [2.05, 4.69) is 0 Å². The van der Waals surface area contributed by atoms with Gasteiger partial charge in [-0.05, 0) is 51.1 Å². The first kappa shape index (κ1) is 33.2. The third-order valence-electron chi connectivity index (χ3n) is 6.25. The molecule has 14 nitrogen and oxygen atoms in total. The van der Waals surface area contributed by atoms with E-state index in [4.69, 9.17) is 28.1 Å². The summed E-state index contributed by atoms with van der Waals surface area (Å²) < 4.78 is 111. The standard InChI is InChI=1S/C24H34N2O12S3/c1-24(2)26(41(24,33)34)11-5-10-25(12-14-35-18-37-20-6-3-8-22(16-20)39(27,28)29)13-15-36-19-38-21-7-4-9-23(17-21)40(30,31)32/h3-4,6-9,16-17H,5,10-15,18-19H2,1-2H3,(H,27,28,29)(H,30,31,32). The largest absolute Gasteiger partial charge is 0.468 e. The lowest BCUT2D eigenvalue weighted by atomic mass is 10.3. The predicted octanol–water partition coefficient (Wildman–Crippen LogP) is 1.66. The summed E-state index contributed by atoms with van der Waals surface area (Å²) >= 11 is 0. The molecule has 0 radical (unpaired) electrons. The van der Waals surface area contributed by atoms with Crippen molar-refractivity contribution in [2.75, 3.05) is 53.0 Å². The Kier molecular flexibility index (Phi) is 11.1. The summed E-state index contributed by atoms with van der Waals surface area (Å²) in [6, 6.07) is 10.7. The quantitative estimate of drug-likeness (QED) is 0.104. The maximum Gasteiger partial charge on any atom is 0.294 e. The summed E-state index contributed by atoms with van der Waals surface area (Å²) in [5, 5.41) is 0. The minimum Gasteiger partial charge on any atom is -0.468 e. The van der Waals surface area contributed by atoms with Crippen LogP contribution in [0.1, 0.15) is 20.3 Å². The molecule has 1 unspecified atom stereocenters. The highest BCUT2D eigenvalue weighted by atomic mass is 32.2. The second kappa shape index (κ2) is 13.7. The number of ether oxygens (including phenoxy) is 4. The van der Waals surface area contributed by atoms with Crippen LogP contribution >= 0.6 is 0 Å². The van der Waals surface area contributed by atoms with Crippen molar-refractivity contribution in [1.29, 1.82) is 0 Å². The monoisotopic (exact) mass is 638 g/mol. The first-order valence-electron chi connectivity index (χ1n) is 12.4. The second-order valence-electron chi connectivity index (χ2n) is 9.46. The maximum atomic E-state index is 12.0. The molecular formula is C24H34N2O12S3. The van der Waals surface area contributed by atoms with Gasteiger partial charge in [0, 0.05) is 31.8 Å². The summed E-state index contributed by atoms with van der Waals surface area (Å²) in [7, 11) is -11.9. The van der Waals surface area contributed by atoms with Crippen molar-refractivity contribution in [2.45, 2.75) is 34.9 Å². The fourth-order valence-electron chi connectivity index (χ4n) is 3.82. The second-order valence-corrected chi connectivity index (χ2v) is 14.7. The third-order valence-corrected chi connectivity index (χ3v) is 10.5. The predicted molar refractivity (Wildman–Crippen MR) is 146 cm³/mol. The van der Waals surface area contributed by atoms with E-state index in [0.29, 0.717) is 32.6 Å². The first-order valence-corrected chi connectivity index (χ1v) is 16.8. The first-order chi connectivity index (χ1) is 19.1. The zero-order valence-electron chi connectivity index (χ0n) is 22.6. The average Bonchev–Trinajstić information content (AvgIpc) is 3.29. The number of benzene rings is 2. The van der Waals surface area contributed by atoms with Crippen LogP contribution < -0.4 is 9.47 Å². The fraction of sp³-hybridized carbons (Fsp3) is 0.500. The molecule has 0 amide bonds. The SMILES string of the molecule is CC1(C)N(CCCN(CCOCOc2cccc(S(=O)(=O)O)c2)CCOCOc2cccc(S(=O)(=O)O)c2)S1(=O)=O. The number of nitrogens with zero attached hydrogens (tertiary/aromatic N) is 2. The molecule has 1 fully saturated rings. The van der Waals surface area contributed by atoms with Crippen molar-refractivity contribution >= 4 is 30.3 Å². The van der Waals surface area contributed by atoms with Gasteiger partial charge in [0.25, 0.3) is 20.2 Å². The van der Waals surface area contributed by atoms with Crippen LogP contribution in [-0.2, 0) is 39.7 Å². The summed E-state index contributed by atoms with van der Waals surface area (Å²) in [5.74, 6) is 0.407. The van der Waals surface area contributed by atoms with Gasteiger partial charge in [0.2, 0.25) is 10.0 Å². The lowest BCUT2D eigenvalue weighted by Gasteiger charge is -2.22. The average molecular weight is 639 g/mol. The van der Waals surface area contributed by atoms with Crippen LogP contribution in [-0.4, -0.2) is 101 Å². The highest BCUT2D eigenvalue weighted by Gasteiger charge is 2.62. The molecule has 1 heterocycles. The van der Waals surface area contributed by atoms with Crippen molar-refractivity contribution in [1.82, 2.24) is 9.21 Å². The molecule has 17 heteroatoms. The molecule has 0 bridgehead atoms. The van der Waals surface area contributed by atoms with Crippen LogP contribution in [0.4, 0.5) is 0 Å². The van der Waals surface area contributed by atoms with Gasteiger partial charge in [0.15, 0.2) is 13.6 Å². The molecule has 1 aliphatic heterocycles. The van der Waals surface area contributed by atoms with E-state index < -0.39 is 35.1 Å². The zero-order valence-corrected chi connectivity index (χ0v) is 25.0. The van der Waals surface area contributed by atoms with E-state index in [1.54, 1.807) is 13.8 Å². The van der Waals surface area contributed by atoms with Crippen LogP contribution in [0.3, 0.4) is 0 Å². The summed E-state index contributed by atoms with van der Waals surface area (Å²) in [5.41, 5.74) is 0. The van der Waals surface area contributed by atoms with Crippen molar-refractivity contribution in [3.8, 4) is 11.5 Å². The Labute approximate surface area is 240 Å². The van der Waals surface area contributed by atoms with Crippen molar-refractivity contribution in [3.63, 3.8) is 0 Å². The number of hydrogen-bond acceptors (Lipinski definition) is 11. The third kappa shape index (κ3) is 9.59. The van der Waals surface area contributed by atoms with Gasteiger partial charge in [0.05, 0.1) is 23.0 Å². The van der Waals surface area contributed by atoms with Gasteiger partial charge in [-0.15, -0.1) is 0 Å². The van der Waals surface area contributed by atoms with Gasteiger partial charge in [-0.2, -0.15) is 21.1 Å². The molecule has 2 N–H and O–H groups in total. The van der Waals surface area contributed by atoms with Gasteiger partial charge in [-0.3, -0.25) is 14.0 Å². The van der Waals surface area contributed by atoms with E-state index in [-0.39, 0.29) is 48.1 Å². The molecule has 1 aliphatic rings. The van der Waals surface area contributed by atoms with Gasteiger partial charge < -0.3 is 18.9 Å². The van der Waals surface area contributed by atoms with Gasteiger partial charge >= 0.3 is 0 Å². The lowest BCUT2D eigenvalue weighted by molar-refractivity contribution is -0.0113. The van der Waals surface area contributed by atoms with Crippen molar-refractivity contribution in [3.05, 3.63) is 48.5 Å². The van der Waals surface area contributed by atoms with E-state index in [1.807, 2.05) is 4.90 Å². The van der Waals surface area contributed by atoms with Crippen molar-refractivity contribution < 1.29 is 53.3 Å². The summed E-state index contributed by atoms with van der Waals surface area (Å²) in [6.45, 7) is 5.26. The van der Waals surface area contributed by atoms with E-state index in [9.17, 15) is 25.3 Å². The van der Waals surface area contributed by atoms with Gasteiger partial charge in [-0.1, -0.05) is 12.1 Å². The van der Waals surface area contributed by atoms with Crippen LogP contribution in [0.2, 0.25) is 0 Å². The van der Waals surface area contributed by atoms with Gasteiger partial charge in [0.1, 0.15) is 16.4 Å². The number of rotatable bonds is 18. The molecule has 1 atom stereocenters. The molecule has 230 valence electrons. The fourth-order valence-corrected chi connectivity index (χ4v) is 6.46. The van der Waals surface area contributed by atoms with Gasteiger partial charge in [-0.25, -0.2) is 8.42 Å². The summed E-state index contributed by atoms with van der Waals surface area (Å²) in [4.78, 5) is 0.541. The number of hydrogen-bond donors (Lipinski definition) is 2. The Morgan fingerprint density at radius 1 is 0.805 bits per heavy atom. The van der Waals surface area contributed by atoms with E-state index in [1.165, 1.54) is 52.8 Å². The Hall–Kier alpha value is -2.35. The molecule has 41 heavy (non-hydrogen) atoms. The molecule has 0 saturated carbocycles. The Morgan fingerprint density at radius 2 is 1.24 bits per heavy atom. The highest BCUT2D eigenvalue weighted by molar-refractivity contribution is 7.96. The summed E-state index contributed by atoms with van der Waals surface area (Å²) in [6.07, 6.45) is 0.570.